The molecule has 4 fully saturated rings. The van der Waals surface area contributed by atoms with E-state index in [9.17, 15) is 24.6 Å². The lowest BCUT2D eigenvalue weighted by Gasteiger charge is -2.47. The van der Waals surface area contributed by atoms with Crippen molar-refractivity contribution in [2.24, 2.45) is 0 Å². The molecular weight excluding hydrogens is 1260 g/mol. The van der Waals surface area contributed by atoms with Crippen molar-refractivity contribution in [3.63, 3.8) is 0 Å². The molecule has 16 rings (SSSR count). The molecule has 4 aliphatic rings. The van der Waals surface area contributed by atoms with Gasteiger partial charge in [0.1, 0.15) is 33.9 Å². The molecule has 0 bridgehead atoms. The van der Waals surface area contributed by atoms with E-state index < -0.39 is 0 Å². The van der Waals surface area contributed by atoms with E-state index in [1.807, 2.05) is 120 Å². The predicted molar refractivity (Wildman–Crippen MR) is 396 cm³/mol. The summed E-state index contributed by atoms with van der Waals surface area (Å²) in [4.78, 5) is 81.9. The Morgan fingerprint density at radius 2 is 0.750 bits per heavy atom. The Bertz CT molecular complexity index is 4990. The molecule has 0 radical (unpaired) electrons. The van der Waals surface area contributed by atoms with Gasteiger partial charge in [-0.15, -0.1) is 0 Å². The quantitative estimate of drug-likeness (QED) is 0.104. The van der Waals surface area contributed by atoms with Crippen LogP contribution < -0.4 is 31.4 Å². The third-order valence-electron chi connectivity index (χ3n) is 20.8. The Labute approximate surface area is 581 Å². The molecule has 0 amide bonds. The molecule has 23 heteroatoms. The summed E-state index contributed by atoms with van der Waals surface area (Å²) in [5, 5.41) is 18.5. The summed E-state index contributed by atoms with van der Waals surface area (Å²) in [7, 11) is 0. The van der Waals surface area contributed by atoms with Gasteiger partial charge in [0, 0.05) is 187 Å². The van der Waals surface area contributed by atoms with Crippen molar-refractivity contribution in [3.05, 3.63) is 193 Å². The molecule has 2 N–H and O–H groups in total. The lowest BCUT2D eigenvalue weighted by Crippen LogP contribution is -2.57. The van der Waals surface area contributed by atoms with Crippen LogP contribution in [0.1, 0.15) is 94.6 Å². The van der Waals surface area contributed by atoms with Gasteiger partial charge in [-0.1, -0.05) is 27.2 Å². The van der Waals surface area contributed by atoms with E-state index in [1.54, 1.807) is 31.4 Å². The number of anilines is 3. The Morgan fingerprint density at radius 3 is 1.05 bits per heavy atom. The molecule has 3 saturated heterocycles. The number of pyridine rings is 6. The van der Waals surface area contributed by atoms with Crippen molar-refractivity contribution in [2.75, 3.05) is 99.9 Å². The van der Waals surface area contributed by atoms with Gasteiger partial charge in [0.05, 0.1) is 64.4 Å². The van der Waals surface area contributed by atoms with E-state index in [-0.39, 0.29) is 29.9 Å². The number of β-amino-alcohol motifs (C(OH)–C–C–N with tert-alkyl or cyclic N) is 2. The summed E-state index contributed by atoms with van der Waals surface area (Å²) in [6, 6.07) is 25.2. The van der Waals surface area contributed by atoms with E-state index in [1.165, 1.54) is 19.3 Å². The lowest BCUT2D eigenvalue weighted by molar-refractivity contribution is 0.0775. The minimum Gasteiger partial charge on any atom is -0.395 e. The van der Waals surface area contributed by atoms with Crippen LogP contribution in [-0.2, 0) is 19.3 Å². The van der Waals surface area contributed by atoms with Gasteiger partial charge >= 0.3 is 0 Å². The molecule has 15 heterocycles. The van der Waals surface area contributed by atoms with Gasteiger partial charge in [0.15, 0.2) is 0 Å². The van der Waals surface area contributed by atoms with Gasteiger partial charge in [-0.3, -0.25) is 42.3 Å². The standard InChI is InChI=1S/C27H32N6O.2C25H30N6O2/c1-4-20-12-21(16-31-14-18(2)28-27(20)31)24-13-26(34)33-17-23(8-9-25(33)29-24)30-10-11-32(19(3)15-30)22-6-5-7-22;2*1-4-19-11-20(15-30-13-17(2)26-25(19)30)22-12-24(33)31-16-21(5-6-23(31)27-22)29-8-7-28(9-10-32)18(3)14-29/h8-9,12-14,16-17,19,22H,4-7,10-11,15H2,1-3H3;2*5-6,11-13,15-16,18,32H,4,7-10,14H2,1-3H3/t19-;2*18-/m110/s1. The molecule has 3 aliphatic heterocycles. The molecule has 23 nitrogen and oxygen atoms in total. The monoisotopic (exact) mass is 1350 g/mol. The maximum atomic E-state index is 13.2. The highest BCUT2D eigenvalue weighted by Crippen LogP contribution is 2.32. The molecule has 3 atom stereocenters. The SMILES string of the molecule is CCc1cc(-c2cc(=O)n3cc(N4CCN(C5CCC5)[C@H](C)C4)ccc3n2)cn2cc(C)nc12.CCc1cc(-c2cc(=O)n3cc(N4CCN(CCO)[C@@H](C)C4)ccc3n2)cn2cc(C)nc12.CCc1cc(-c2cc(=O)n3cc(N4CCN(CCO)[C@H](C)C4)ccc3n2)cn2cc(C)nc12. The number of fused-ring (bicyclic) bond motifs is 6. The number of aliphatic hydroxyl groups is 2. The molecule has 12 aromatic heterocycles. The fourth-order valence-corrected chi connectivity index (χ4v) is 15.2. The number of hydrogen-bond donors (Lipinski definition) is 2. The fraction of sp³-hybridized carbons (Fsp3) is 0.416. The lowest BCUT2D eigenvalue weighted by atomic mass is 9.89. The van der Waals surface area contributed by atoms with E-state index in [0.29, 0.717) is 65.2 Å². The van der Waals surface area contributed by atoms with Gasteiger partial charge in [0.25, 0.3) is 16.7 Å². The number of imidazole rings is 3. The first-order valence-corrected chi connectivity index (χ1v) is 35.7. The zero-order valence-corrected chi connectivity index (χ0v) is 59.0. The second kappa shape index (κ2) is 28.5. The molecular formula is C77H92N18O5. The van der Waals surface area contributed by atoms with Gasteiger partial charge in [0.2, 0.25) is 0 Å². The van der Waals surface area contributed by atoms with Crippen LogP contribution in [0, 0.1) is 20.8 Å². The minimum atomic E-state index is -0.0937. The molecule has 100 heavy (non-hydrogen) atoms. The first-order chi connectivity index (χ1) is 48.4. The maximum Gasteiger partial charge on any atom is 0.258 e. The summed E-state index contributed by atoms with van der Waals surface area (Å²) in [6.45, 7) is 29.0. The number of aryl methyl sites for hydroxylation is 6. The average Bonchev–Trinajstić information content (AvgIpc) is 0.919. The predicted octanol–water partition coefficient (Wildman–Crippen LogP) is 8.71. The van der Waals surface area contributed by atoms with Crippen LogP contribution in [0.5, 0.6) is 0 Å². The van der Waals surface area contributed by atoms with Crippen molar-refractivity contribution in [2.45, 2.75) is 125 Å². The molecule has 0 aromatic carbocycles. The summed E-state index contributed by atoms with van der Waals surface area (Å²) < 4.78 is 11.0. The summed E-state index contributed by atoms with van der Waals surface area (Å²) in [5.74, 6) is 0. The second-order valence-electron chi connectivity index (χ2n) is 27.7. The van der Waals surface area contributed by atoms with E-state index in [2.05, 4.69) is 110 Å². The van der Waals surface area contributed by atoms with Gasteiger partial charge < -0.3 is 38.1 Å². The van der Waals surface area contributed by atoms with Gasteiger partial charge in [-0.05, 0) is 145 Å². The van der Waals surface area contributed by atoms with Crippen LogP contribution >= 0.6 is 0 Å². The van der Waals surface area contributed by atoms with Crippen LogP contribution in [0.3, 0.4) is 0 Å². The Hall–Kier alpha value is -9.65. The molecule has 0 unspecified atom stereocenters. The minimum absolute atomic E-state index is 0.0528. The molecule has 0 spiro atoms. The van der Waals surface area contributed by atoms with E-state index >= 15 is 0 Å². The van der Waals surface area contributed by atoms with Gasteiger partial charge in [-0.25, -0.2) is 29.9 Å². The fourth-order valence-electron chi connectivity index (χ4n) is 15.2. The van der Waals surface area contributed by atoms with Crippen molar-refractivity contribution < 1.29 is 10.2 Å². The van der Waals surface area contributed by atoms with E-state index in [4.69, 9.17) is 15.0 Å². The van der Waals surface area contributed by atoms with Crippen LogP contribution in [0.4, 0.5) is 17.1 Å². The smallest absolute Gasteiger partial charge is 0.258 e. The number of aliphatic hydroxyl groups excluding tert-OH is 2. The van der Waals surface area contributed by atoms with Crippen molar-refractivity contribution in [3.8, 4) is 33.8 Å². The number of hydrogen-bond acceptors (Lipinski definition) is 17. The van der Waals surface area contributed by atoms with Crippen molar-refractivity contribution in [1.82, 2.24) is 71.0 Å². The zero-order chi connectivity index (χ0) is 69.6. The Balaban J connectivity index is 0.000000128. The van der Waals surface area contributed by atoms with Crippen LogP contribution in [0.25, 0.3) is 67.7 Å². The first kappa shape index (κ1) is 67.5. The third kappa shape index (κ3) is 13.6. The molecule has 520 valence electrons. The second-order valence-corrected chi connectivity index (χ2v) is 27.7. The van der Waals surface area contributed by atoms with Crippen LogP contribution in [-0.4, -0.2) is 191 Å². The van der Waals surface area contributed by atoms with Crippen LogP contribution in [0.15, 0.2) is 143 Å². The summed E-state index contributed by atoms with van der Waals surface area (Å²) in [5.41, 5.74) is 18.8. The average molecular weight is 1350 g/mol. The largest absolute Gasteiger partial charge is 0.395 e. The topological polar surface area (TPSA) is 215 Å². The summed E-state index contributed by atoms with van der Waals surface area (Å²) >= 11 is 0. The number of aromatic nitrogens is 12. The highest BCUT2D eigenvalue weighted by atomic mass is 16.3. The number of rotatable bonds is 14. The zero-order valence-electron chi connectivity index (χ0n) is 59.0. The Kier molecular flexibility index (Phi) is 19.3. The Morgan fingerprint density at radius 1 is 0.410 bits per heavy atom. The maximum absolute atomic E-state index is 13.2. The van der Waals surface area contributed by atoms with Gasteiger partial charge in [-0.2, -0.15) is 0 Å². The van der Waals surface area contributed by atoms with Crippen molar-refractivity contribution >= 4 is 50.9 Å². The third-order valence-corrected chi connectivity index (χ3v) is 20.8. The highest BCUT2D eigenvalue weighted by molar-refractivity contribution is 5.70. The van der Waals surface area contributed by atoms with Crippen LogP contribution in [0.2, 0.25) is 0 Å². The van der Waals surface area contributed by atoms with E-state index in [0.717, 1.165) is 169 Å². The molecule has 12 aromatic rings. The number of nitrogens with zero attached hydrogens (tertiary/aromatic N) is 18. The molecule has 1 saturated carbocycles. The number of piperazine rings is 3. The first-order valence-electron chi connectivity index (χ1n) is 35.7. The normalized spacial score (nSPS) is 18.1. The molecule has 1 aliphatic carbocycles. The summed E-state index contributed by atoms with van der Waals surface area (Å²) in [6.07, 6.45) is 24.4. The van der Waals surface area contributed by atoms with Crippen molar-refractivity contribution in [1.29, 1.82) is 0 Å². The highest BCUT2D eigenvalue weighted by Gasteiger charge is 2.33.